The van der Waals surface area contributed by atoms with Gasteiger partial charge in [-0.25, -0.2) is 0 Å². The summed E-state index contributed by atoms with van der Waals surface area (Å²) in [7, 11) is 0. The molecular weight excluding hydrogens is 470 g/mol. The number of allylic oxidation sites excluding steroid dienone is 1. The molecule has 4 rings (SSSR count). The average molecular weight is 498 g/mol. The maximum atomic E-state index is 13.0. The summed E-state index contributed by atoms with van der Waals surface area (Å²) >= 11 is 1.00. The second kappa shape index (κ2) is 9.61. The molecule has 10 nitrogen and oxygen atoms in total. The fourth-order valence-electron chi connectivity index (χ4n) is 3.91. The van der Waals surface area contributed by atoms with Gasteiger partial charge in [-0.15, -0.1) is 11.3 Å². The fourth-order valence-corrected chi connectivity index (χ4v) is 4.78. The number of carbonyl (C=O) groups is 3. The number of amides is 3. The smallest absolute Gasteiger partial charge is 0.282 e. The minimum absolute atomic E-state index is 0.0435. The lowest BCUT2D eigenvalue weighted by molar-refractivity contribution is -0.114. The SMILES string of the molecule is CC1=NN(c2ccc(C)c(C)c2)C(=O)/C1=C(/C)NNC(=O)c1ccc(C(=O)N2CC(O)C(O)C2)s1. The molecule has 2 aliphatic rings. The highest BCUT2D eigenvalue weighted by Crippen LogP contribution is 2.27. The lowest BCUT2D eigenvalue weighted by atomic mass is 10.1. The molecule has 184 valence electrons. The fraction of sp³-hybridized carbons (Fsp3) is 0.333. The first-order valence-corrected chi connectivity index (χ1v) is 11.9. The van der Waals surface area contributed by atoms with Gasteiger partial charge in [0.2, 0.25) is 0 Å². The van der Waals surface area contributed by atoms with E-state index in [9.17, 15) is 24.6 Å². The number of nitrogens with zero attached hydrogens (tertiary/aromatic N) is 3. The van der Waals surface area contributed by atoms with Crippen LogP contribution in [0.4, 0.5) is 5.69 Å². The molecule has 0 saturated carbocycles. The number of nitrogens with one attached hydrogen (secondary N) is 2. The molecule has 4 N–H and O–H groups in total. The van der Waals surface area contributed by atoms with Crippen LogP contribution in [0.1, 0.15) is 44.3 Å². The molecule has 1 fully saturated rings. The lowest BCUT2D eigenvalue weighted by Gasteiger charge is -2.15. The van der Waals surface area contributed by atoms with Gasteiger partial charge in [-0.05, 0) is 63.1 Å². The van der Waals surface area contributed by atoms with Crippen molar-refractivity contribution >= 4 is 40.5 Å². The van der Waals surface area contributed by atoms with Gasteiger partial charge < -0.3 is 20.5 Å². The van der Waals surface area contributed by atoms with Gasteiger partial charge in [0.1, 0.15) is 0 Å². The molecule has 1 saturated heterocycles. The Morgan fingerprint density at radius 3 is 2.31 bits per heavy atom. The van der Waals surface area contributed by atoms with E-state index >= 15 is 0 Å². The quantitative estimate of drug-likeness (QED) is 0.365. The number of benzene rings is 1. The van der Waals surface area contributed by atoms with E-state index in [1.807, 2.05) is 32.0 Å². The number of carbonyl (C=O) groups excluding carboxylic acids is 3. The highest BCUT2D eigenvalue weighted by atomic mass is 32.1. The Morgan fingerprint density at radius 2 is 1.66 bits per heavy atom. The maximum absolute atomic E-state index is 13.0. The Labute approximate surface area is 206 Å². The zero-order valence-electron chi connectivity index (χ0n) is 19.8. The van der Waals surface area contributed by atoms with Gasteiger partial charge in [-0.1, -0.05) is 6.07 Å². The van der Waals surface area contributed by atoms with Crippen LogP contribution >= 0.6 is 11.3 Å². The molecule has 2 unspecified atom stereocenters. The van der Waals surface area contributed by atoms with Crippen molar-refractivity contribution < 1.29 is 24.6 Å². The summed E-state index contributed by atoms with van der Waals surface area (Å²) in [6, 6.07) is 8.72. The van der Waals surface area contributed by atoms with E-state index in [1.54, 1.807) is 13.8 Å². The summed E-state index contributed by atoms with van der Waals surface area (Å²) in [5, 5.41) is 25.0. The summed E-state index contributed by atoms with van der Waals surface area (Å²) < 4.78 is 0. The number of hydrogen-bond acceptors (Lipinski definition) is 8. The number of rotatable bonds is 5. The van der Waals surface area contributed by atoms with Gasteiger partial charge in [0.15, 0.2) is 0 Å². The number of aryl methyl sites for hydroxylation is 2. The van der Waals surface area contributed by atoms with Crippen LogP contribution in [0.3, 0.4) is 0 Å². The number of thiophene rings is 1. The summed E-state index contributed by atoms with van der Waals surface area (Å²) in [6.45, 7) is 7.45. The monoisotopic (exact) mass is 497 g/mol. The van der Waals surface area contributed by atoms with Crippen molar-refractivity contribution in [2.75, 3.05) is 18.1 Å². The van der Waals surface area contributed by atoms with Crippen LogP contribution in [-0.4, -0.2) is 63.8 Å². The Bertz CT molecular complexity index is 1260. The van der Waals surface area contributed by atoms with E-state index in [4.69, 9.17) is 0 Å². The highest BCUT2D eigenvalue weighted by molar-refractivity contribution is 7.15. The van der Waals surface area contributed by atoms with Crippen molar-refractivity contribution in [3.8, 4) is 0 Å². The van der Waals surface area contributed by atoms with Crippen molar-refractivity contribution in [2.45, 2.75) is 39.9 Å². The molecule has 2 aliphatic heterocycles. The molecule has 0 bridgehead atoms. The van der Waals surface area contributed by atoms with Gasteiger partial charge in [-0.2, -0.15) is 10.1 Å². The predicted molar refractivity (Wildman–Crippen MR) is 132 cm³/mol. The van der Waals surface area contributed by atoms with Gasteiger partial charge in [-0.3, -0.25) is 19.8 Å². The van der Waals surface area contributed by atoms with Crippen LogP contribution in [0.15, 0.2) is 46.7 Å². The van der Waals surface area contributed by atoms with Crippen LogP contribution in [0, 0.1) is 13.8 Å². The normalized spacial score (nSPS) is 21.3. The Morgan fingerprint density at radius 1 is 1.00 bits per heavy atom. The highest BCUT2D eigenvalue weighted by Gasteiger charge is 2.34. The van der Waals surface area contributed by atoms with Crippen molar-refractivity contribution in [3.05, 3.63) is 62.5 Å². The number of hydrogen-bond donors (Lipinski definition) is 4. The van der Waals surface area contributed by atoms with E-state index in [2.05, 4.69) is 16.0 Å². The molecule has 0 spiro atoms. The summed E-state index contributed by atoms with van der Waals surface area (Å²) in [5.41, 5.74) is 9.48. The summed E-state index contributed by atoms with van der Waals surface area (Å²) in [4.78, 5) is 40.2. The van der Waals surface area contributed by atoms with Gasteiger partial charge in [0.25, 0.3) is 17.7 Å². The van der Waals surface area contributed by atoms with Crippen molar-refractivity contribution in [2.24, 2.45) is 5.10 Å². The second-order valence-corrected chi connectivity index (χ2v) is 9.74. The van der Waals surface area contributed by atoms with E-state index in [1.165, 1.54) is 22.0 Å². The molecule has 35 heavy (non-hydrogen) atoms. The molecule has 2 atom stereocenters. The zero-order chi connectivity index (χ0) is 25.4. The number of likely N-dealkylation sites (tertiary alicyclic amines) is 1. The maximum Gasteiger partial charge on any atom is 0.282 e. The first-order valence-electron chi connectivity index (χ1n) is 11.1. The van der Waals surface area contributed by atoms with E-state index in [0.717, 1.165) is 22.5 Å². The Hall–Kier alpha value is -3.54. The second-order valence-electron chi connectivity index (χ2n) is 8.66. The molecule has 1 aromatic heterocycles. The zero-order valence-corrected chi connectivity index (χ0v) is 20.6. The molecule has 3 heterocycles. The van der Waals surface area contributed by atoms with Crippen LogP contribution in [0.2, 0.25) is 0 Å². The lowest BCUT2D eigenvalue weighted by Crippen LogP contribution is -2.37. The molecular formula is C24H27N5O5S. The molecule has 1 aromatic carbocycles. The van der Waals surface area contributed by atoms with Crippen LogP contribution in [0.5, 0.6) is 0 Å². The molecule has 11 heteroatoms. The van der Waals surface area contributed by atoms with E-state index in [0.29, 0.717) is 32.4 Å². The third-order valence-electron chi connectivity index (χ3n) is 6.08. The van der Waals surface area contributed by atoms with Crippen LogP contribution < -0.4 is 15.9 Å². The van der Waals surface area contributed by atoms with Crippen LogP contribution in [-0.2, 0) is 4.79 Å². The molecule has 0 aliphatic carbocycles. The predicted octanol–water partition coefficient (Wildman–Crippen LogP) is 1.47. The Balaban J connectivity index is 1.41. The third-order valence-corrected chi connectivity index (χ3v) is 7.15. The Kier molecular flexibility index (Phi) is 6.75. The number of hydrazone groups is 1. The topological polar surface area (TPSA) is 135 Å². The first kappa shape index (κ1) is 24.6. The van der Waals surface area contributed by atoms with Crippen LogP contribution in [0.25, 0.3) is 0 Å². The van der Waals surface area contributed by atoms with E-state index < -0.39 is 18.1 Å². The number of anilines is 1. The van der Waals surface area contributed by atoms with Gasteiger partial charge in [0, 0.05) is 18.8 Å². The average Bonchev–Trinajstić information content (AvgIpc) is 3.51. The number of β-amino-alcohol motifs (C(OH)–C–C–N with tert-alkyl or cyclic N) is 2. The largest absolute Gasteiger partial charge is 0.388 e. The summed E-state index contributed by atoms with van der Waals surface area (Å²) in [5.74, 6) is -1.13. The number of hydrazine groups is 1. The third kappa shape index (κ3) is 4.83. The molecule has 3 amide bonds. The minimum Gasteiger partial charge on any atom is -0.388 e. The van der Waals surface area contributed by atoms with Crippen molar-refractivity contribution in [1.82, 2.24) is 15.8 Å². The molecule has 2 aromatic rings. The van der Waals surface area contributed by atoms with Gasteiger partial charge >= 0.3 is 0 Å². The van der Waals surface area contributed by atoms with Gasteiger partial charge in [0.05, 0.1) is 38.9 Å². The summed E-state index contributed by atoms with van der Waals surface area (Å²) in [6.07, 6.45) is -1.95. The standard InChI is InChI=1S/C24H27N5O5S/c1-12-5-6-16(9-13(12)2)29-24(34)21(15(4)27-29)14(3)25-26-22(32)19-7-8-20(35-19)23(33)28-10-17(30)18(31)11-28/h5-9,17-18,25,30-31H,10-11H2,1-4H3,(H,26,32)/b21-14-. The van der Waals surface area contributed by atoms with Crippen molar-refractivity contribution in [3.63, 3.8) is 0 Å². The first-order chi connectivity index (χ1) is 16.6. The van der Waals surface area contributed by atoms with Crippen molar-refractivity contribution in [1.29, 1.82) is 0 Å². The van der Waals surface area contributed by atoms with E-state index in [-0.39, 0.29) is 24.9 Å². The molecule has 0 radical (unpaired) electrons. The minimum atomic E-state index is -0.974. The number of aliphatic hydroxyl groups excluding tert-OH is 2. The number of aliphatic hydroxyl groups is 2.